The van der Waals surface area contributed by atoms with Crippen LogP contribution in [0.2, 0.25) is 0 Å². The summed E-state index contributed by atoms with van der Waals surface area (Å²) in [5.41, 5.74) is 3.66. The van der Waals surface area contributed by atoms with Gasteiger partial charge in [-0.3, -0.25) is 0 Å². The lowest BCUT2D eigenvalue weighted by Gasteiger charge is -2.18. The van der Waals surface area contributed by atoms with Crippen LogP contribution in [0.15, 0.2) is 54.6 Å². The number of halogens is 2. The quantitative estimate of drug-likeness (QED) is 0.430. The van der Waals surface area contributed by atoms with Crippen LogP contribution in [0, 0.1) is 11.6 Å². The summed E-state index contributed by atoms with van der Waals surface area (Å²) in [5, 5.41) is 18.4. The van der Waals surface area contributed by atoms with Crippen molar-refractivity contribution >= 4 is 11.0 Å². The Kier molecular flexibility index (Phi) is 5.58. The molecule has 0 amide bonds. The summed E-state index contributed by atoms with van der Waals surface area (Å²) >= 11 is 0. The van der Waals surface area contributed by atoms with E-state index in [1.807, 2.05) is 24.3 Å². The minimum atomic E-state index is -1.01. The van der Waals surface area contributed by atoms with Gasteiger partial charge >= 0.3 is 0 Å². The van der Waals surface area contributed by atoms with Gasteiger partial charge in [-0.05, 0) is 60.7 Å². The molecule has 0 aliphatic heterocycles. The molecule has 0 atom stereocenters. The highest BCUT2D eigenvalue weighted by atomic mass is 19.1. The maximum absolute atomic E-state index is 15.5. The summed E-state index contributed by atoms with van der Waals surface area (Å²) in [4.78, 5) is 0. The molecule has 0 unspecified atom stereocenters. The van der Waals surface area contributed by atoms with Gasteiger partial charge in [-0.2, -0.15) is 0 Å². The van der Waals surface area contributed by atoms with Crippen LogP contribution in [-0.4, -0.2) is 25.7 Å². The van der Waals surface area contributed by atoms with Gasteiger partial charge in [0.25, 0.3) is 0 Å². The number of aliphatic hydroxyl groups is 1. The van der Waals surface area contributed by atoms with E-state index >= 15 is 4.39 Å². The predicted octanol–water partition coefficient (Wildman–Crippen LogP) is 5.77. The number of rotatable bonds is 6. The van der Waals surface area contributed by atoms with E-state index in [1.165, 1.54) is 22.9 Å². The number of hydrogen-bond acceptors (Lipinski definition) is 3. The molecule has 0 aliphatic carbocycles. The van der Waals surface area contributed by atoms with Crippen LogP contribution in [0.1, 0.15) is 32.8 Å². The first-order valence-corrected chi connectivity index (χ1v) is 10.4. The Balaban J connectivity index is 1.93. The Morgan fingerprint density at radius 1 is 1.00 bits per heavy atom. The zero-order chi connectivity index (χ0) is 22.2. The molecule has 4 aromatic rings. The number of hydrogen-bond donors (Lipinski definition) is 1. The summed E-state index contributed by atoms with van der Waals surface area (Å²) in [6.45, 7) is 5.60. The third-order valence-electron chi connectivity index (χ3n) is 5.21. The van der Waals surface area contributed by atoms with Gasteiger partial charge in [0.2, 0.25) is 0 Å². The number of aryl methyl sites for hydroxylation is 1. The van der Waals surface area contributed by atoms with Gasteiger partial charge in [0, 0.05) is 11.6 Å². The number of nitrogens with zero attached hydrogens (tertiary/aromatic N) is 3. The molecular formula is C25H25F2N3O. The van der Waals surface area contributed by atoms with Crippen molar-refractivity contribution in [2.75, 3.05) is 0 Å². The molecule has 0 radical (unpaired) electrons. The second kappa shape index (κ2) is 8.19. The van der Waals surface area contributed by atoms with Crippen molar-refractivity contribution in [1.29, 1.82) is 0 Å². The molecule has 1 aromatic heterocycles. The first kappa shape index (κ1) is 21.1. The van der Waals surface area contributed by atoms with E-state index in [-0.39, 0.29) is 12.4 Å². The van der Waals surface area contributed by atoms with Gasteiger partial charge in [-0.25, -0.2) is 13.5 Å². The van der Waals surface area contributed by atoms with Gasteiger partial charge in [0.05, 0.1) is 17.7 Å². The number of fused-ring (bicyclic) bond motifs is 1. The molecule has 6 heteroatoms. The normalized spacial score (nSPS) is 11.9. The second-order valence-corrected chi connectivity index (χ2v) is 8.48. The summed E-state index contributed by atoms with van der Waals surface area (Å²) in [6.07, 6.45) is 1.66. The van der Waals surface area contributed by atoms with Gasteiger partial charge in [0.15, 0.2) is 0 Å². The van der Waals surface area contributed by atoms with Crippen LogP contribution in [0.3, 0.4) is 0 Å². The highest BCUT2D eigenvalue weighted by Crippen LogP contribution is 2.38. The van der Waals surface area contributed by atoms with Crippen molar-refractivity contribution < 1.29 is 13.9 Å². The molecule has 0 saturated carbocycles. The maximum atomic E-state index is 15.5. The van der Waals surface area contributed by atoms with E-state index in [0.29, 0.717) is 22.2 Å². The Hall–Kier alpha value is -3.12. The Morgan fingerprint density at radius 2 is 1.77 bits per heavy atom. The zero-order valence-corrected chi connectivity index (χ0v) is 17.9. The zero-order valence-electron chi connectivity index (χ0n) is 17.9. The van der Waals surface area contributed by atoms with Gasteiger partial charge in [-0.15, -0.1) is 5.10 Å². The van der Waals surface area contributed by atoms with E-state index in [2.05, 4.69) is 17.2 Å². The fourth-order valence-electron chi connectivity index (χ4n) is 3.96. The Bertz CT molecular complexity index is 1240. The first-order chi connectivity index (χ1) is 14.8. The number of benzene rings is 3. The van der Waals surface area contributed by atoms with Gasteiger partial charge in [-0.1, -0.05) is 48.9 Å². The summed E-state index contributed by atoms with van der Waals surface area (Å²) < 4.78 is 30.9. The Labute approximate surface area is 180 Å². The summed E-state index contributed by atoms with van der Waals surface area (Å²) in [6, 6.07) is 15.2. The van der Waals surface area contributed by atoms with Crippen molar-refractivity contribution in [3.8, 4) is 22.3 Å². The van der Waals surface area contributed by atoms with Crippen LogP contribution < -0.4 is 0 Å². The van der Waals surface area contributed by atoms with E-state index in [4.69, 9.17) is 0 Å². The minimum absolute atomic E-state index is 0.198. The van der Waals surface area contributed by atoms with Crippen molar-refractivity contribution in [2.24, 2.45) is 0 Å². The fourth-order valence-corrected chi connectivity index (χ4v) is 3.96. The molecule has 160 valence electrons. The molecule has 4 nitrogen and oxygen atoms in total. The SMILES string of the molecule is CCCc1cccc(-c2cccc(F)c2)c1-c1cc2nnn(CC(C)(C)O)c2cc1F. The maximum Gasteiger partial charge on any atom is 0.133 e. The third kappa shape index (κ3) is 4.35. The molecular weight excluding hydrogens is 396 g/mol. The van der Waals surface area contributed by atoms with E-state index in [1.54, 1.807) is 26.0 Å². The van der Waals surface area contributed by atoms with Crippen molar-refractivity contribution in [2.45, 2.75) is 45.8 Å². The molecule has 4 rings (SSSR count). The largest absolute Gasteiger partial charge is 0.389 e. The first-order valence-electron chi connectivity index (χ1n) is 10.4. The minimum Gasteiger partial charge on any atom is -0.389 e. The summed E-state index contributed by atoms with van der Waals surface area (Å²) in [7, 11) is 0. The molecule has 3 aromatic carbocycles. The molecule has 0 fully saturated rings. The average molecular weight is 421 g/mol. The lowest BCUT2D eigenvalue weighted by Crippen LogP contribution is -2.26. The second-order valence-electron chi connectivity index (χ2n) is 8.48. The van der Waals surface area contributed by atoms with Crippen molar-refractivity contribution in [3.63, 3.8) is 0 Å². The molecule has 1 heterocycles. The molecule has 31 heavy (non-hydrogen) atoms. The highest BCUT2D eigenvalue weighted by molar-refractivity contribution is 5.90. The molecule has 0 saturated heterocycles. The van der Waals surface area contributed by atoms with Crippen LogP contribution in [0.5, 0.6) is 0 Å². The van der Waals surface area contributed by atoms with E-state index < -0.39 is 11.4 Å². The molecule has 0 bridgehead atoms. The highest BCUT2D eigenvalue weighted by Gasteiger charge is 2.21. The molecule has 1 N–H and O–H groups in total. The fraction of sp³-hybridized carbons (Fsp3) is 0.280. The molecule has 0 aliphatic rings. The standard InChI is InChI=1S/C25H25F2N3O/c1-4-7-16-8-6-11-19(17-9-5-10-18(26)12-17)24(16)20-13-22-23(14-21(20)27)30(29-28-22)15-25(2,3)31/h5-6,8-14,31H,4,7,15H2,1-3H3. The topological polar surface area (TPSA) is 50.9 Å². The van der Waals surface area contributed by atoms with Crippen LogP contribution in [0.25, 0.3) is 33.3 Å². The van der Waals surface area contributed by atoms with Gasteiger partial charge < -0.3 is 5.11 Å². The third-order valence-corrected chi connectivity index (χ3v) is 5.21. The predicted molar refractivity (Wildman–Crippen MR) is 119 cm³/mol. The smallest absolute Gasteiger partial charge is 0.133 e. The number of aromatic nitrogens is 3. The van der Waals surface area contributed by atoms with Crippen molar-refractivity contribution in [1.82, 2.24) is 15.0 Å². The van der Waals surface area contributed by atoms with Crippen LogP contribution >= 0.6 is 0 Å². The molecule has 0 spiro atoms. The lowest BCUT2D eigenvalue weighted by atomic mass is 9.88. The Morgan fingerprint density at radius 3 is 2.48 bits per heavy atom. The van der Waals surface area contributed by atoms with E-state index in [9.17, 15) is 9.50 Å². The summed E-state index contributed by atoms with van der Waals surface area (Å²) in [5.74, 6) is -0.747. The average Bonchev–Trinajstić information content (AvgIpc) is 3.07. The van der Waals surface area contributed by atoms with Gasteiger partial charge in [0.1, 0.15) is 17.2 Å². The van der Waals surface area contributed by atoms with Crippen LogP contribution in [0.4, 0.5) is 8.78 Å². The van der Waals surface area contributed by atoms with Crippen LogP contribution in [-0.2, 0) is 13.0 Å². The van der Waals surface area contributed by atoms with Crippen molar-refractivity contribution in [3.05, 3.63) is 71.8 Å². The lowest BCUT2D eigenvalue weighted by molar-refractivity contribution is 0.0585. The monoisotopic (exact) mass is 421 g/mol. The van der Waals surface area contributed by atoms with E-state index in [0.717, 1.165) is 29.5 Å².